The minimum Gasteiger partial charge on any atom is -0.360 e. The van der Waals surface area contributed by atoms with E-state index in [0.29, 0.717) is 17.0 Å². The second-order valence-corrected chi connectivity index (χ2v) is 5.89. The minimum atomic E-state index is -0.666. The van der Waals surface area contributed by atoms with Gasteiger partial charge in [-0.1, -0.05) is 29.5 Å². The summed E-state index contributed by atoms with van der Waals surface area (Å²) in [6.45, 7) is 3.75. The van der Waals surface area contributed by atoms with Gasteiger partial charge in [0.05, 0.1) is 6.04 Å². The molecule has 2 aromatic heterocycles. The highest BCUT2D eigenvalue weighted by Gasteiger charge is 2.22. The maximum Gasteiger partial charge on any atom is 0.368 e. The highest BCUT2D eigenvalue weighted by Crippen LogP contribution is 2.28. The van der Waals surface area contributed by atoms with Crippen LogP contribution in [-0.2, 0) is 0 Å². The summed E-state index contributed by atoms with van der Waals surface area (Å²) in [6.07, 6.45) is 1.12. The topological polar surface area (TPSA) is 85.4 Å². The number of anilines is 1. The molecule has 0 aliphatic heterocycles. The molecule has 7 nitrogen and oxygen atoms in total. The van der Waals surface area contributed by atoms with Crippen LogP contribution in [0.1, 0.15) is 25.5 Å². The Morgan fingerprint density at radius 1 is 1.24 bits per heavy atom. The largest absolute Gasteiger partial charge is 0.368 e. The zero-order chi connectivity index (χ0) is 18.1. The van der Waals surface area contributed by atoms with Gasteiger partial charge in [-0.05, 0) is 23.0 Å². The van der Waals surface area contributed by atoms with Crippen LogP contribution in [0.25, 0.3) is 5.65 Å². The van der Waals surface area contributed by atoms with Gasteiger partial charge in [-0.15, -0.1) is 0 Å². The number of fused-ring (bicyclic) bond motifs is 1. The van der Waals surface area contributed by atoms with Crippen LogP contribution in [-0.4, -0.2) is 19.5 Å². The second kappa shape index (κ2) is 6.42. The molecule has 3 rings (SSSR count). The van der Waals surface area contributed by atoms with Crippen LogP contribution in [0, 0.1) is 27.7 Å². The summed E-state index contributed by atoms with van der Waals surface area (Å²) in [4.78, 5) is 14.3. The molecular formula is C16H15F2N5O2. The van der Waals surface area contributed by atoms with Crippen molar-refractivity contribution in [1.29, 1.82) is 0 Å². The van der Waals surface area contributed by atoms with Crippen LogP contribution in [0.3, 0.4) is 0 Å². The van der Waals surface area contributed by atoms with E-state index in [1.807, 2.05) is 13.8 Å². The molecule has 0 fully saturated rings. The Bertz CT molecular complexity index is 941. The molecule has 2 heterocycles. The van der Waals surface area contributed by atoms with E-state index in [1.165, 1.54) is 12.1 Å². The van der Waals surface area contributed by atoms with Gasteiger partial charge < -0.3 is 15.4 Å². The van der Waals surface area contributed by atoms with Gasteiger partial charge in [-0.3, -0.25) is 0 Å². The van der Waals surface area contributed by atoms with Crippen molar-refractivity contribution in [2.45, 2.75) is 19.9 Å². The Hall–Kier alpha value is -3.10. The number of aromatic nitrogens is 3. The number of rotatable bonds is 5. The van der Waals surface area contributed by atoms with E-state index < -0.39 is 22.6 Å². The summed E-state index contributed by atoms with van der Waals surface area (Å²) in [6, 6.07) is 6.06. The van der Waals surface area contributed by atoms with E-state index in [9.17, 15) is 18.9 Å². The summed E-state index contributed by atoms with van der Waals surface area (Å²) in [5.74, 6) is -1.32. The number of nitrogens with zero attached hydrogens (tertiary/aromatic N) is 4. The van der Waals surface area contributed by atoms with Crippen molar-refractivity contribution < 1.29 is 13.7 Å². The highest BCUT2D eigenvalue weighted by atomic mass is 19.1. The van der Waals surface area contributed by atoms with E-state index in [-0.39, 0.29) is 11.7 Å². The van der Waals surface area contributed by atoms with E-state index in [1.54, 1.807) is 12.1 Å². The first-order valence-corrected chi connectivity index (χ1v) is 7.57. The fraction of sp³-hybridized carbons (Fsp3) is 0.250. The quantitative estimate of drug-likeness (QED) is 0.561. The number of nitrogens with one attached hydrogen (secondary N) is 1. The third-order valence-electron chi connectivity index (χ3n) is 3.80. The predicted molar refractivity (Wildman–Crippen MR) is 87.2 cm³/mol. The lowest BCUT2D eigenvalue weighted by molar-refractivity contribution is -0.391. The van der Waals surface area contributed by atoms with Crippen molar-refractivity contribution in [3.05, 3.63) is 63.8 Å². The molecule has 0 saturated carbocycles. The van der Waals surface area contributed by atoms with Crippen molar-refractivity contribution in [3.8, 4) is 0 Å². The first kappa shape index (κ1) is 16.7. The zero-order valence-corrected chi connectivity index (χ0v) is 13.5. The summed E-state index contributed by atoms with van der Waals surface area (Å²) in [5, 5.41) is 18.2. The van der Waals surface area contributed by atoms with Crippen molar-refractivity contribution in [2.24, 2.45) is 5.92 Å². The SMILES string of the molecule is CC(C)C(Nc1ccc2ncc([N+](=O)[O-])n2n1)c1ccc(F)cc1F. The van der Waals surface area contributed by atoms with Crippen LogP contribution < -0.4 is 5.32 Å². The molecule has 1 N–H and O–H groups in total. The third kappa shape index (κ3) is 3.25. The molecule has 1 atom stereocenters. The smallest absolute Gasteiger partial charge is 0.360 e. The van der Waals surface area contributed by atoms with Gasteiger partial charge in [0.15, 0.2) is 5.82 Å². The number of hydrogen-bond acceptors (Lipinski definition) is 5. The Kier molecular flexibility index (Phi) is 4.30. The van der Waals surface area contributed by atoms with Gasteiger partial charge in [0, 0.05) is 17.7 Å². The van der Waals surface area contributed by atoms with E-state index in [4.69, 9.17) is 0 Å². The van der Waals surface area contributed by atoms with Crippen LogP contribution in [0.2, 0.25) is 0 Å². The van der Waals surface area contributed by atoms with Gasteiger partial charge in [0.2, 0.25) is 5.65 Å². The number of halogens is 2. The highest BCUT2D eigenvalue weighted by molar-refractivity contribution is 5.49. The lowest BCUT2D eigenvalue weighted by Crippen LogP contribution is -2.19. The molecular weight excluding hydrogens is 332 g/mol. The molecule has 0 aliphatic carbocycles. The van der Waals surface area contributed by atoms with Gasteiger partial charge in [0.1, 0.15) is 17.8 Å². The Labute approximate surface area is 141 Å². The molecule has 3 aromatic rings. The molecule has 0 spiro atoms. The molecule has 130 valence electrons. The Morgan fingerprint density at radius 2 is 2.00 bits per heavy atom. The first-order chi connectivity index (χ1) is 11.9. The van der Waals surface area contributed by atoms with Gasteiger partial charge >= 0.3 is 5.82 Å². The monoisotopic (exact) mass is 347 g/mol. The van der Waals surface area contributed by atoms with Crippen molar-refractivity contribution >= 4 is 17.3 Å². The van der Waals surface area contributed by atoms with E-state index in [2.05, 4.69) is 15.4 Å². The molecule has 0 aliphatic rings. The number of imidazole rings is 1. The predicted octanol–water partition coefficient (Wildman–Crippen LogP) is 3.72. The lowest BCUT2D eigenvalue weighted by atomic mass is 9.95. The molecule has 1 unspecified atom stereocenters. The number of hydrogen-bond donors (Lipinski definition) is 1. The Morgan fingerprint density at radius 3 is 2.64 bits per heavy atom. The Balaban J connectivity index is 1.98. The average molecular weight is 347 g/mol. The number of nitro groups is 1. The molecule has 0 bridgehead atoms. The molecule has 0 amide bonds. The fourth-order valence-corrected chi connectivity index (χ4v) is 2.58. The maximum absolute atomic E-state index is 14.1. The first-order valence-electron chi connectivity index (χ1n) is 7.57. The standard InChI is InChI=1S/C16H15F2N5O2/c1-9(2)16(11-4-3-10(17)7-12(11)18)20-13-5-6-14-19-8-15(23(24)25)22(14)21-13/h3-9,16H,1-2H3,(H,20,21). The third-order valence-corrected chi connectivity index (χ3v) is 3.80. The zero-order valence-electron chi connectivity index (χ0n) is 13.5. The fourth-order valence-electron chi connectivity index (χ4n) is 2.58. The summed E-state index contributed by atoms with van der Waals surface area (Å²) >= 11 is 0. The molecule has 25 heavy (non-hydrogen) atoms. The molecule has 0 radical (unpaired) electrons. The van der Waals surface area contributed by atoms with Crippen LogP contribution in [0.15, 0.2) is 36.5 Å². The van der Waals surface area contributed by atoms with E-state index >= 15 is 0 Å². The number of benzene rings is 1. The maximum atomic E-state index is 14.1. The summed E-state index contributed by atoms with van der Waals surface area (Å²) in [7, 11) is 0. The minimum absolute atomic E-state index is 0.0461. The molecule has 1 aromatic carbocycles. The second-order valence-electron chi connectivity index (χ2n) is 5.89. The van der Waals surface area contributed by atoms with E-state index in [0.717, 1.165) is 16.8 Å². The lowest BCUT2D eigenvalue weighted by Gasteiger charge is -2.23. The van der Waals surface area contributed by atoms with Crippen LogP contribution >= 0.6 is 0 Å². The summed E-state index contributed by atoms with van der Waals surface area (Å²) < 4.78 is 28.4. The van der Waals surface area contributed by atoms with Crippen molar-refractivity contribution in [1.82, 2.24) is 14.6 Å². The van der Waals surface area contributed by atoms with Crippen molar-refractivity contribution in [2.75, 3.05) is 5.32 Å². The molecule has 9 heteroatoms. The van der Waals surface area contributed by atoms with Gasteiger partial charge in [0.25, 0.3) is 0 Å². The normalized spacial score (nSPS) is 12.5. The molecule has 0 saturated heterocycles. The van der Waals surface area contributed by atoms with Gasteiger partial charge in [-0.2, -0.15) is 0 Å². The van der Waals surface area contributed by atoms with Crippen LogP contribution in [0.5, 0.6) is 0 Å². The van der Waals surface area contributed by atoms with Gasteiger partial charge in [-0.25, -0.2) is 13.8 Å². The van der Waals surface area contributed by atoms with Crippen molar-refractivity contribution in [3.63, 3.8) is 0 Å². The summed E-state index contributed by atoms with van der Waals surface area (Å²) in [5.41, 5.74) is 0.615. The average Bonchev–Trinajstić information content (AvgIpc) is 2.96. The van der Waals surface area contributed by atoms with Crippen LogP contribution in [0.4, 0.5) is 20.4 Å².